The van der Waals surface area contributed by atoms with E-state index in [9.17, 15) is 0 Å². The van der Waals surface area contributed by atoms with Crippen molar-refractivity contribution in [2.75, 3.05) is 0 Å². The third kappa shape index (κ3) is 8.85. The first-order valence-corrected chi connectivity index (χ1v) is 0. The first-order chi connectivity index (χ1) is 0. The van der Waals surface area contributed by atoms with Crippen LogP contribution in [0.2, 0.25) is 0 Å². The molecule has 0 aliphatic rings. The van der Waals surface area contributed by atoms with Gasteiger partial charge in [-0.05, 0) is 0 Å². The summed E-state index contributed by atoms with van der Waals surface area (Å²) in [6.45, 7) is 0. The first kappa shape index (κ1) is 29.0. The minimum atomic E-state index is 0. The second-order valence-electron chi connectivity index (χ2n) is 0. The summed E-state index contributed by atoms with van der Waals surface area (Å²) in [6.07, 6.45) is 0. The predicted octanol–water partition coefficient (Wildman–Crippen LogP) is -0.767. The Labute approximate surface area is 91.9 Å². The average Bonchev–Trinajstić information content (AvgIpc) is 0. The molecule has 0 rings (SSSR count). The summed E-state index contributed by atoms with van der Waals surface area (Å²) in [5.74, 6) is 0. The fraction of sp³-hybridized carbons (Fsp3) is 0. The summed E-state index contributed by atoms with van der Waals surface area (Å²) in [4.78, 5) is 0. The van der Waals surface area contributed by atoms with E-state index in [0.717, 1.165) is 0 Å². The largest absolute Gasteiger partial charge is 0 e. The quantitative estimate of drug-likeness (QED) is 0.513. The van der Waals surface area contributed by atoms with Gasteiger partial charge in [0.15, 0.2) is 0 Å². The Morgan fingerprint density at radius 3 is 1.00 bits per heavy atom. The van der Waals surface area contributed by atoms with Gasteiger partial charge in [-0.1, -0.05) is 0 Å². The Bertz CT molecular complexity index is 8.00. The molecule has 8 radical (unpaired) electrons. The summed E-state index contributed by atoms with van der Waals surface area (Å²) in [5.41, 5.74) is 0. The molecule has 0 spiro atoms. The zero-order chi connectivity index (χ0) is 0. The van der Waals surface area contributed by atoms with Gasteiger partial charge in [-0.25, -0.2) is 0 Å². The van der Waals surface area contributed by atoms with Crippen molar-refractivity contribution in [1.82, 2.24) is 0 Å². The van der Waals surface area contributed by atoms with Crippen molar-refractivity contribution in [1.29, 1.82) is 0 Å². The van der Waals surface area contributed by atoms with Gasteiger partial charge < -0.3 is 0 Å². The Hall–Kier alpha value is 2.83. The topological polar surface area (TPSA) is 0 Å². The van der Waals surface area contributed by atoms with Gasteiger partial charge in [0, 0.05) is 94.0 Å². The van der Waals surface area contributed by atoms with E-state index in [-0.39, 0.29) is 94.0 Å². The van der Waals surface area contributed by atoms with Gasteiger partial charge in [0.25, 0.3) is 0 Å². The van der Waals surface area contributed by atoms with Gasteiger partial charge in [0.05, 0.1) is 0 Å². The van der Waals surface area contributed by atoms with Crippen molar-refractivity contribution in [2.45, 2.75) is 0 Å². The van der Waals surface area contributed by atoms with Gasteiger partial charge >= 0.3 is 0 Å². The van der Waals surface area contributed by atoms with Crippen molar-refractivity contribution in [2.24, 2.45) is 0 Å². The molecule has 0 fully saturated rings. The first-order valence-electron chi connectivity index (χ1n) is 0. The molecule has 0 aliphatic carbocycles. The standard InChI is InChI=1S/Ba.Cu.Mn.Si. The van der Waals surface area contributed by atoms with Gasteiger partial charge in [0.2, 0.25) is 0 Å². The average molecular weight is 284 g/mol. The van der Waals surface area contributed by atoms with Crippen molar-refractivity contribution < 1.29 is 34.1 Å². The van der Waals surface area contributed by atoms with E-state index in [0.29, 0.717) is 0 Å². The van der Waals surface area contributed by atoms with Crippen LogP contribution in [0.15, 0.2) is 0 Å². The molecule has 0 bridgehead atoms. The molecular weight excluding hydrogens is 284 g/mol. The van der Waals surface area contributed by atoms with Crippen LogP contribution in [0.4, 0.5) is 0 Å². The van der Waals surface area contributed by atoms with Crippen LogP contribution in [0.1, 0.15) is 0 Å². The van der Waals surface area contributed by atoms with Crippen LogP contribution >= 0.6 is 0 Å². The van der Waals surface area contributed by atoms with E-state index in [4.69, 9.17) is 0 Å². The van der Waals surface area contributed by atoms with Crippen molar-refractivity contribution in [3.8, 4) is 0 Å². The number of rotatable bonds is 0. The van der Waals surface area contributed by atoms with Crippen molar-refractivity contribution >= 4 is 59.8 Å². The normalized spacial score (nSPS) is 0. The zero-order valence-electron chi connectivity index (χ0n) is 1.89. The molecule has 0 heterocycles. The third-order valence-electron chi connectivity index (χ3n) is 0. The summed E-state index contributed by atoms with van der Waals surface area (Å²) in [6, 6.07) is 0. The van der Waals surface area contributed by atoms with E-state index < -0.39 is 0 Å². The zero-order valence-corrected chi connectivity index (χ0v) is 9.45. The van der Waals surface area contributed by atoms with E-state index in [1.54, 1.807) is 0 Å². The van der Waals surface area contributed by atoms with Gasteiger partial charge in [-0.2, -0.15) is 0 Å². The molecule has 0 saturated heterocycles. The van der Waals surface area contributed by atoms with E-state index in [2.05, 4.69) is 0 Å². The van der Waals surface area contributed by atoms with Crippen molar-refractivity contribution in [3.05, 3.63) is 0 Å². The van der Waals surface area contributed by atoms with Gasteiger partial charge in [-0.15, -0.1) is 0 Å². The smallest absolute Gasteiger partial charge is 0 e. The molecule has 0 nitrogen and oxygen atoms in total. The summed E-state index contributed by atoms with van der Waals surface area (Å²) in [5, 5.41) is 0. The van der Waals surface area contributed by atoms with Crippen LogP contribution in [0.25, 0.3) is 0 Å². The minimum absolute atomic E-state index is 0. The molecule has 0 aromatic rings. The van der Waals surface area contributed by atoms with Crippen LogP contribution in [-0.2, 0) is 34.1 Å². The second kappa shape index (κ2) is 17.0. The molecule has 0 atom stereocenters. The Morgan fingerprint density at radius 2 is 1.00 bits per heavy atom. The maximum absolute atomic E-state index is 0. The molecule has 0 N–H and O–H groups in total. The molecule has 4 heavy (non-hydrogen) atoms. The van der Waals surface area contributed by atoms with Crippen LogP contribution < -0.4 is 0 Å². The van der Waals surface area contributed by atoms with Gasteiger partial charge in [0.1, 0.15) is 0 Å². The molecule has 0 aromatic heterocycles. The van der Waals surface area contributed by atoms with Crippen molar-refractivity contribution in [3.63, 3.8) is 0 Å². The SMILES string of the molecule is [Ba].[Cu].[Mn].[Si]. The molecule has 24 valence electrons. The fourth-order valence-corrected chi connectivity index (χ4v) is 0. The molecule has 0 amide bonds. The fourth-order valence-electron chi connectivity index (χ4n) is 0. The van der Waals surface area contributed by atoms with E-state index in [1.807, 2.05) is 0 Å². The molecule has 0 saturated carbocycles. The van der Waals surface area contributed by atoms with Crippen LogP contribution in [-0.4, -0.2) is 59.8 Å². The molecule has 0 unspecified atom stereocenters. The second-order valence-corrected chi connectivity index (χ2v) is 0. The molecular formula is BaCuMnSi. The summed E-state index contributed by atoms with van der Waals surface area (Å²) < 4.78 is 0. The van der Waals surface area contributed by atoms with Crippen LogP contribution in [0.3, 0.4) is 0 Å². The maximum atomic E-state index is 0. The number of hydrogen-bond acceptors (Lipinski definition) is 0. The van der Waals surface area contributed by atoms with Crippen LogP contribution in [0, 0.1) is 0 Å². The Morgan fingerprint density at radius 1 is 1.00 bits per heavy atom. The Kier molecular flexibility index (Phi) is 123. The summed E-state index contributed by atoms with van der Waals surface area (Å²) in [7, 11) is 0. The van der Waals surface area contributed by atoms with Crippen LogP contribution in [0.5, 0.6) is 0 Å². The molecule has 0 aliphatic heterocycles. The monoisotopic (exact) mass is 284 g/mol. The summed E-state index contributed by atoms with van der Waals surface area (Å²) >= 11 is 0. The van der Waals surface area contributed by atoms with E-state index in [1.165, 1.54) is 0 Å². The molecule has 0 aromatic carbocycles. The molecule has 4 heteroatoms. The van der Waals surface area contributed by atoms with E-state index >= 15 is 0 Å². The van der Waals surface area contributed by atoms with Gasteiger partial charge in [-0.3, -0.25) is 0 Å². The predicted molar refractivity (Wildman–Crippen MR) is 11.5 cm³/mol. The number of hydrogen-bond donors (Lipinski definition) is 0. The maximum Gasteiger partial charge on any atom is 0 e. The third-order valence-corrected chi connectivity index (χ3v) is 0. The Balaban J connectivity index is 0. The minimum Gasteiger partial charge on any atom is 0 e.